The van der Waals surface area contributed by atoms with Crippen LogP contribution in [-0.4, -0.2) is 18.1 Å². The maximum Gasteiger partial charge on any atom is 0.409 e. The van der Waals surface area contributed by atoms with Gasteiger partial charge in [0.25, 0.3) is 0 Å². The second kappa shape index (κ2) is 7.32. The molecule has 0 amide bonds. The largest absolute Gasteiger partial charge is 0.462 e. The summed E-state index contributed by atoms with van der Waals surface area (Å²) in [6, 6.07) is 5.34. The Morgan fingerprint density at radius 3 is 2.30 bits per heavy atom. The smallest absolute Gasteiger partial charge is 0.409 e. The lowest BCUT2D eigenvalue weighted by Crippen LogP contribution is -2.34. The lowest BCUT2D eigenvalue weighted by Gasteiger charge is -2.19. The number of hydrogen-bond donors (Lipinski definition) is 1. The fourth-order valence-corrected chi connectivity index (χ4v) is 3.09. The van der Waals surface area contributed by atoms with Gasteiger partial charge >= 0.3 is 12.8 Å². The molecule has 0 aromatic heterocycles. The standard InChI is InChI=1S/C12H16Cl2NO4P/c1-8(2)18-12(16)9(3)15-20(14,17)19-11-6-4-10(13)5-7-11/h4-9H,1-3H3,(H,15,17)/t9-,20?/m0/s1. The molecule has 1 N–H and O–H groups in total. The summed E-state index contributed by atoms with van der Waals surface area (Å²) in [5, 5.41) is 2.93. The van der Waals surface area contributed by atoms with Crippen LogP contribution in [0.15, 0.2) is 24.3 Å². The highest BCUT2D eigenvalue weighted by molar-refractivity contribution is 7.84. The molecule has 8 heteroatoms. The van der Waals surface area contributed by atoms with Gasteiger partial charge < -0.3 is 9.26 Å². The van der Waals surface area contributed by atoms with E-state index in [2.05, 4.69) is 5.09 Å². The fraction of sp³-hybridized carbons (Fsp3) is 0.417. The number of benzene rings is 1. The molecular weight excluding hydrogens is 324 g/mol. The Balaban J connectivity index is 2.62. The number of ether oxygens (including phenoxy) is 1. The van der Waals surface area contributed by atoms with Crippen LogP contribution in [0.1, 0.15) is 20.8 Å². The fourth-order valence-electron chi connectivity index (χ4n) is 1.28. The third kappa shape index (κ3) is 6.14. The summed E-state index contributed by atoms with van der Waals surface area (Å²) in [6.07, 6.45) is -0.265. The zero-order chi connectivity index (χ0) is 15.3. The Bertz CT molecular complexity index is 507. The molecule has 1 rings (SSSR count). The van der Waals surface area contributed by atoms with Gasteiger partial charge in [0.05, 0.1) is 6.10 Å². The average Bonchev–Trinajstić information content (AvgIpc) is 2.30. The first-order chi connectivity index (χ1) is 9.19. The molecule has 112 valence electrons. The molecule has 0 spiro atoms. The van der Waals surface area contributed by atoms with Gasteiger partial charge in [-0.15, -0.1) is 0 Å². The van der Waals surface area contributed by atoms with Crippen molar-refractivity contribution in [3.63, 3.8) is 0 Å². The van der Waals surface area contributed by atoms with E-state index >= 15 is 0 Å². The van der Waals surface area contributed by atoms with Gasteiger partial charge in [0.1, 0.15) is 11.8 Å². The molecule has 5 nitrogen and oxygen atoms in total. The molecule has 0 saturated carbocycles. The Morgan fingerprint density at radius 1 is 1.25 bits per heavy atom. The zero-order valence-electron chi connectivity index (χ0n) is 11.3. The summed E-state index contributed by atoms with van der Waals surface area (Å²) in [6.45, 7) is 1.22. The predicted molar refractivity (Wildman–Crippen MR) is 79.4 cm³/mol. The highest BCUT2D eigenvalue weighted by Crippen LogP contribution is 2.48. The predicted octanol–water partition coefficient (Wildman–Crippen LogP) is 4.00. The number of hydrogen-bond acceptors (Lipinski definition) is 4. The number of carbonyl (C=O) groups is 1. The number of rotatable bonds is 6. The van der Waals surface area contributed by atoms with E-state index in [-0.39, 0.29) is 11.9 Å². The summed E-state index contributed by atoms with van der Waals surface area (Å²) in [5.41, 5.74) is 0. The van der Waals surface area contributed by atoms with Crippen molar-refractivity contribution >= 4 is 35.7 Å². The molecule has 1 unspecified atom stereocenters. The summed E-state index contributed by atoms with van der Waals surface area (Å²) in [7, 11) is 0. The van der Waals surface area contributed by atoms with Gasteiger partial charge in [-0.05, 0) is 45.0 Å². The van der Waals surface area contributed by atoms with Gasteiger partial charge in [-0.25, -0.2) is 9.65 Å². The number of esters is 1. The third-order valence-electron chi connectivity index (χ3n) is 2.09. The van der Waals surface area contributed by atoms with E-state index in [1.807, 2.05) is 0 Å². The number of carbonyl (C=O) groups excluding carboxylic acids is 1. The van der Waals surface area contributed by atoms with Crippen LogP contribution in [0.3, 0.4) is 0 Å². The minimum Gasteiger partial charge on any atom is -0.462 e. The number of halogens is 2. The summed E-state index contributed by atoms with van der Waals surface area (Å²) >= 11 is 11.5. The van der Waals surface area contributed by atoms with Crippen LogP contribution >= 0.6 is 29.7 Å². The molecule has 0 saturated heterocycles. The molecule has 0 heterocycles. The summed E-state index contributed by atoms with van der Waals surface area (Å²) in [5.74, 6) is -0.273. The maximum atomic E-state index is 12.1. The van der Waals surface area contributed by atoms with Crippen molar-refractivity contribution in [3.8, 4) is 5.75 Å². The van der Waals surface area contributed by atoms with Crippen LogP contribution in [0.4, 0.5) is 0 Å². The highest BCUT2D eigenvalue weighted by atomic mass is 35.7. The van der Waals surface area contributed by atoms with Crippen molar-refractivity contribution in [3.05, 3.63) is 29.3 Å². The van der Waals surface area contributed by atoms with Crippen LogP contribution in [0, 0.1) is 0 Å². The van der Waals surface area contributed by atoms with Crippen molar-refractivity contribution in [2.45, 2.75) is 32.9 Å². The summed E-state index contributed by atoms with van der Waals surface area (Å²) in [4.78, 5) is 11.6. The van der Waals surface area contributed by atoms with Gasteiger partial charge in [-0.1, -0.05) is 11.6 Å². The van der Waals surface area contributed by atoms with E-state index in [0.29, 0.717) is 5.02 Å². The van der Waals surface area contributed by atoms with Crippen molar-refractivity contribution < 1.29 is 18.6 Å². The van der Waals surface area contributed by atoms with Gasteiger partial charge in [-0.2, -0.15) is 0 Å². The van der Waals surface area contributed by atoms with Gasteiger partial charge in [-0.3, -0.25) is 4.79 Å². The van der Waals surface area contributed by atoms with Crippen molar-refractivity contribution in [1.82, 2.24) is 5.09 Å². The van der Waals surface area contributed by atoms with E-state index in [4.69, 9.17) is 32.1 Å². The van der Waals surface area contributed by atoms with Gasteiger partial charge in [0, 0.05) is 16.3 Å². The average molecular weight is 340 g/mol. The monoisotopic (exact) mass is 339 g/mol. The molecule has 0 aliphatic carbocycles. The van der Waals surface area contributed by atoms with Crippen molar-refractivity contribution in [2.75, 3.05) is 0 Å². The molecule has 0 fully saturated rings. The van der Waals surface area contributed by atoms with E-state index in [1.165, 1.54) is 19.1 Å². The molecule has 0 bridgehead atoms. The lowest BCUT2D eigenvalue weighted by atomic mass is 10.3. The van der Waals surface area contributed by atoms with Crippen LogP contribution < -0.4 is 9.61 Å². The Kier molecular flexibility index (Phi) is 6.34. The normalized spacial score (nSPS) is 15.5. The first-order valence-corrected chi connectivity index (χ1v) is 8.83. The molecule has 20 heavy (non-hydrogen) atoms. The Morgan fingerprint density at radius 2 is 1.80 bits per heavy atom. The topological polar surface area (TPSA) is 64.6 Å². The van der Waals surface area contributed by atoms with Crippen LogP contribution in [0.2, 0.25) is 5.02 Å². The van der Waals surface area contributed by atoms with Crippen LogP contribution in [0.5, 0.6) is 5.75 Å². The van der Waals surface area contributed by atoms with Crippen molar-refractivity contribution in [1.29, 1.82) is 0 Å². The van der Waals surface area contributed by atoms with Gasteiger partial charge in [0.15, 0.2) is 0 Å². The molecule has 0 aliphatic heterocycles. The first kappa shape index (κ1) is 17.3. The number of nitrogens with one attached hydrogen (secondary N) is 1. The van der Waals surface area contributed by atoms with Gasteiger partial charge in [0.2, 0.25) is 0 Å². The highest BCUT2D eigenvalue weighted by Gasteiger charge is 2.28. The van der Waals surface area contributed by atoms with E-state index in [1.54, 1.807) is 26.0 Å². The lowest BCUT2D eigenvalue weighted by molar-refractivity contribution is -0.148. The minimum atomic E-state index is -3.70. The van der Waals surface area contributed by atoms with E-state index in [0.717, 1.165) is 0 Å². The van der Waals surface area contributed by atoms with E-state index in [9.17, 15) is 9.36 Å². The SMILES string of the molecule is CC(C)OC(=O)[C@H](C)NP(=O)(Cl)Oc1ccc(Cl)cc1. The quantitative estimate of drug-likeness (QED) is 0.626. The van der Waals surface area contributed by atoms with Crippen LogP contribution in [0.25, 0.3) is 0 Å². The Labute approximate surface area is 127 Å². The molecule has 2 atom stereocenters. The van der Waals surface area contributed by atoms with Crippen LogP contribution in [-0.2, 0) is 14.1 Å². The van der Waals surface area contributed by atoms with Crippen molar-refractivity contribution in [2.24, 2.45) is 0 Å². The third-order valence-corrected chi connectivity index (χ3v) is 3.98. The molecular formula is C12H16Cl2NO4P. The second-order valence-electron chi connectivity index (χ2n) is 4.36. The zero-order valence-corrected chi connectivity index (χ0v) is 13.7. The first-order valence-electron chi connectivity index (χ1n) is 5.93. The maximum absolute atomic E-state index is 12.1. The van der Waals surface area contributed by atoms with E-state index < -0.39 is 18.9 Å². The molecule has 0 aliphatic rings. The summed E-state index contributed by atoms with van der Waals surface area (Å²) < 4.78 is 22.2. The molecule has 1 aromatic rings. The minimum absolute atomic E-state index is 0.265. The molecule has 1 aromatic carbocycles. The Hall–Kier alpha value is -0.740. The second-order valence-corrected chi connectivity index (χ2v) is 7.53. The molecule has 0 radical (unpaired) electrons.